The van der Waals surface area contributed by atoms with Gasteiger partial charge in [0.1, 0.15) is 11.6 Å². The average molecular weight is 199 g/mol. The van der Waals surface area contributed by atoms with Crippen molar-refractivity contribution in [2.75, 3.05) is 5.88 Å². The van der Waals surface area contributed by atoms with Crippen molar-refractivity contribution in [1.82, 2.24) is 0 Å². The van der Waals surface area contributed by atoms with Crippen LogP contribution in [-0.2, 0) is 4.79 Å². The smallest absolute Gasteiger partial charge is 0.326 e. The third-order valence-corrected chi connectivity index (χ3v) is 1.95. The maximum atomic E-state index is 10.9. The van der Waals surface area contributed by atoms with Gasteiger partial charge in [-0.3, -0.25) is 4.79 Å². The Kier molecular flexibility index (Phi) is 3.32. The predicted molar refractivity (Wildman–Crippen MR) is 52.3 cm³/mol. The third kappa shape index (κ3) is 2.46. The molecule has 13 heavy (non-hydrogen) atoms. The lowest BCUT2D eigenvalue weighted by Gasteiger charge is -2.08. The van der Waals surface area contributed by atoms with E-state index in [0.29, 0.717) is 5.75 Å². The molecule has 0 aliphatic heterocycles. The molecule has 0 heterocycles. The maximum absolute atomic E-state index is 10.9. The van der Waals surface area contributed by atoms with Gasteiger partial charge in [0.05, 0.1) is 0 Å². The number of hydrogen-bond donors (Lipinski definition) is 0. The van der Waals surface area contributed by atoms with Gasteiger partial charge in [0.15, 0.2) is 0 Å². The standard InChI is InChI=1S/C10H11ClO2/c1-7-4-3-5-8(2)10(7)13-9(12)6-11/h3-5H,6H2,1-2H3. The van der Waals surface area contributed by atoms with Crippen LogP contribution in [0.2, 0.25) is 0 Å². The van der Waals surface area contributed by atoms with Crippen LogP contribution in [0.4, 0.5) is 0 Å². The zero-order chi connectivity index (χ0) is 9.84. The van der Waals surface area contributed by atoms with Gasteiger partial charge in [0.25, 0.3) is 0 Å². The Morgan fingerprint density at radius 3 is 2.38 bits per heavy atom. The van der Waals surface area contributed by atoms with Crippen molar-refractivity contribution in [3.8, 4) is 5.75 Å². The van der Waals surface area contributed by atoms with Gasteiger partial charge in [-0.05, 0) is 25.0 Å². The number of esters is 1. The summed E-state index contributed by atoms with van der Waals surface area (Å²) in [5.74, 6) is 0.0838. The Bertz CT molecular complexity index is 300. The number of aryl methyl sites for hydroxylation is 2. The lowest BCUT2D eigenvalue weighted by molar-refractivity contribution is -0.131. The number of carbonyl (C=O) groups excluding carboxylic acids is 1. The van der Waals surface area contributed by atoms with Crippen molar-refractivity contribution in [2.45, 2.75) is 13.8 Å². The normalized spacial score (nSPS) is 9.77. The van der Waals surface area contributed by atoms with Crippen LogP contribution in [0.1, 0.15) is 11.1 Å². The van der Waals surface area contributed by atoms with Crippen molar-refractivity contribution < 1.29 is 9.53 Å². The van der Waals surface area contributed by atoms with Gasteiger partial charge in [-0.2, -0.15) is 0 Å². The summed E-state index contributed by atoms with van der Waals surface area (Å²) in [4.78, 5) is 10.9. The average Bonchev–Trinajstić information content (AvgIpc) is 2.11. The summed E-state index contributed by atoms with van der Waals surface area (Å²) in [5.41, 5.74) is 1.89. The molecule has 0 bridgehead atoms. The second-order valence-electron chi connectivity index (χ2n) is 2.83. The largest absolute Gasteiger partial charge is 0.425 e. The number of rotatable bonds is 2. The monoisotopic (exact) mass is 198 g/mol. The van der Waals surface area contributed by atoms with Gasteiger partial charge >= 0.3 is 5.97 Å². The first-order valence-electron chi connectivity index (χ1n) is 3.98. The number of hydrogen-bond acceptors (Lipinski definition) is 2. The molecule has 0 spiro atoms. The van der Waals surface area contributed by atoms with Crippen molar-refractivity contribution in [2.24, 2.45) is 0 Å². The Hall–Kier alpha value is -1.02. The highest BCUT2D eigenvalue weighted by molar-refractivity contribution is 6.26. The number of para-hydroxylation sites is 1. The second kappa shape index (κ2) is 4.28. The van der Waals surface area contributed by atoms with E-state index in [-0.39, 0.29) is 5.88 Å². The van der Waals surface area contributed by atoms with Gasteiger partial charge in [0, 0.05) is 0 Å². The summed E-state index contributed by atoms with van der Waals surface area (Å²) >= 11 is 5.33. The molecular weight excluding hydrogens is 188 g/mol. The highest BCUT2D eigenvalue weighted by atomic mass is 35.5. The minimum Gasteiger partial charge on any atom is -0.425 e. The quantitative estimate of drug-likeness (QED) is 0.415. The fraction of sp³-hybridized carbons (Fsp3) is 0.300. The van der Waals surface area contributed by atoms with E-state index in [4.69, 9.17) is 16.3 Å². The minimum atomic E-state index is -0.418. The molecule has 0 atom stereocenters. The van der Waals surface area contributed by atoms with Crippen molar-refractivity contribution in [3.63, 3.8) is 0 Å². The Balaban J connectivity index is 2.93. The fourth-order valence-electron chi connectivity index (χ4n) is 1.10. The fourth-order valence-corrected chi connectivity index (χ4v) is 1.16. The molecule has 0 aliphatic rings. The van der Waals surface area contributed by atoms with E-state index >= 15 is 0 Å². The zero-order valence-electron chi connectivity index (χ0n) is 7.63. The van der Waals surface area contributed by atoms with Crippen LogP contribution in [0.25, 0.3) is 0 Å². The molecular formula is C10H11ClO2. The zero-order valence-corrected chi connectivity index (χ0v) is 8.39. The van der Waals surface area contributed by atoms with E-state index in [1.165, 1.54) is 0 Å². The molecule has 0 radical (unpaired) electrons. The topological polar surface area (TPSA) is 26.3 Å². The lowest BCUT2D eigenvalue weighted by atomic mass is 10.1. The Morgan fingerprint density at radius 1 is 1.38 bits per heavy atom. The summed E-state index contributed by atoms with van der Waals surface area (Å²) in [7, 11) is 0. The van der Waals surface area contributed by atoms with E-state index in [9.17, 15) is 4.79 Å². The van der Waals surface area contributed by atoms with Crippen molar-refractivity contribution >= 4 is 17.6 Å². The number of ether oxygens (including phenoxy) is 1. The molecule has 0 unspecified atom stereocenters. The van der Waals surface area contributed by atoms with Crippen LogP contribution >= 0.6 is 11.6 Å². The first-order chi connectivity index (χ1) is 6.15. The molecule has 0 aliphatic carbocycles. The molecule has 2 nitrogen and oxygen atoms in total. The number of benzene rings is 1. The molecule has 0 N–H and O–H groups in total. The molecule has 1 aromatic rings. The van der Waals surface area contributed by atoms with Gasteiger partial charge in [-0.15, -0.1) is 11.6 Å². The van der Waals surface area contributed by atoms with Gasteiger partial charge in [-0.1, -0.05) is 18.2 Å². The first kappa shape index (κ1) is 10.1. The Labute approximate surface area is 82.5 Å². The SMILES string of the molecule is Cc1cccc(C)c1OC(=O)CCl. The number of halogens is 1. The number of carbonyl (C=O) groups is 1. The summed E-state index contributed by atoms with van der Waals surface area (Å²) in [6, 6.07) is 5.70. The molecule has 70 valence electrons. The Morgan fingerprint density at radius 2 is 1.92 bits per heavy atom. The van der Waals surface area contributed by atoms with Gasteiger partial charge in [-0.25, -0.2) is 0 Å². The molecule has 0 amide bonds. The van der Waals surface area contributed by atoms with Crippen LogP contribution in [0.5, 0.6) is 5.75 Å². The van der Waals surface area contributed by atoms with Gasteiger partial charge < -0.3 is 4.74 Å². The van der Waals surface area contributed by atoms with E-state index < -0.39 is 5.97 Å². The van der Waals surface area contributed by atoms with Crippen LogP contribution < -0.4 is 4.74 Å². The van der Waals surface area contributed by atoms with E-state index in [0.717, 1.165) is 11.1 Å². The third-order valence-electron chi connectivity index (χ3n) is 1.73. The van der Waals surface area contributed by atoms with Gasteiger partial charge in [0.2, 0.25) is 0 Å². The summed E-state index contributed by atoms with van der Waals surface area (Å²) in [6.07, 6.45) is 0. The molecule has 0 saturated heterocycles. The predicted octanol–water partition coefficient (Wildman–Crippen LogP) is 2.45. The van der Waals surface area contributed by atoms with E-state index in [2.05, 4.69) is 0 Å². The molecule has 1 aromatic carbocycles. The van der Waals surface area contributed by atoms with Crippen molar-refractivity contribution in [1.29, 1.82) is 0 Å². The van der Waals surface area contributed by atoms with Crippen LogP contribution in [0.15, 0.2) is 18.2 Å². The van der Waals surface area contributed by atoms with Crippen LogP contribution in [0.3, 0.4) is 0 Å². The van der Waals surface area contributed by atoms with E-state index in [1.54, 1.807) is 0 Å². The summed E-state index contributed by atoms with van der Waals surface area (Å²) in [6.45, 7) is 3.79. The molecule has 0 aromatic heterocycles. The highest BCUT2D eigenvalue weighted by Crippen LogP contribution is 2.22. The number of alkyl halides is 1. The van der Waals surface area contributed by atoms with Crippen LogP contribution in [-0.4, -0.2) is 11.8 Å². The maximum Gasteiger partial charge on any atom is 0.326 e. The van der Waals surface area contributed by atoms with E-state index in [1.807, 2.05) is 32.0 Å². The molecule has 0 saturated carbocycles. The lowest BCUT2D eigenvalue weighted by Crippen LogP contribution is -2.10. The molecule has 1 rings (SSSR count). The van der Waals surface area contributed by atoms with Crippen LogP contribution in [0, 0.1) is 13.8 Å². The highest BCUT2D eigenvalue weighted by Gasteiger charge is 2.07. The minimum absolute atomic E-state index is 0.117. The molecule has 3 heteroatoms. The second-order valence-corrected chi connectivity index (χ2v) is 3.10. The van der Waals surface area contributed by atoms with Crippen molar-refractivity contribution in [3.05, 3.63) is 29.3 Å². The first-order valence-corrected chi connectivity index (χ1v) is 4.51. The summed E-state index contributed by atoms with van der Waals surface area (Å²) in [5, 5.41) is 0. The summed E-state index contributed by atoms with van der Waals surface area (Å²) < 4.78 is 5.05. The molecule has 0 fully saturated rings.